The quantitative estimate of drug-likeness (QED) is 0.673. The van der Waals surface area contributed by atoms with Crippen molar-refractivity contribution in [1.82, 2.24) is 4.57 Å². The second-order valence-corrected chi connectivity index (χ2v) is 9.72. The molecule has 2 aromatic rings. The summed E-state index contributed by atoms with van der Waals surface area (Å²) in [5.74, 6) is 0.584. The first-order valence-corrected chi connectivity index (χ1v) is 11.2. The van der Waals surface area contributed by atoms with Crippen molar-refractivity contribution in [3.05, 3.63) is 45.2 Å². The molecule has 1 aliphatic rings. The van der Waals surface area contributed by atoms with Crippen molar-refractivity contribution in [2.24, 2.45) is 10.9 Å². The molecule has 1 aromatic heterocycles. The van der Waals surface area contributed by atoms with Crippen molar-refractivity contribution in [3.63, 3.8) is 0 Å². The summed E-state index contributed by atoms with van der Waals surface area (Å²) in [6.45, 7) is 16.0. The molecule has 4 nitrogen and oxygen atoms in total. The van der Waals surface area contributed by atoms with E-state index < -0.39 is 0 Å². The second kappa shape index (κ2) is 8.24. The summed E-state index contributed by atoms with van der Waals surface area (Å²) in [5.41, 5.74) is 3.11. The first kappa shape index (κ1) is 20.8. The van der Waals surface area contributed by atoms with Crippen LogP contribution >= 0.6 is 11.3 Å². The Morgan fingerprint density at radius 2 is 1.79 bits per heavy atom. The molecular weight excluding hydrogens is 366 g/mol. The van der Waals surface area contributed by atoms with Gasteiger partial charge in [-0.2, -0.15) is 4.99 Å². The molecule has 1 heterocycles. The zero-order valence-electron chi connectivity index (χ0n) is 18.1. The van der Waals surface area contributed by atoms with Crippen LogP contribution in [-0.2, 0) is 12.0 Å². The van der Waals surface area contributed by atoms with E-state index in [1.54, 1.807) is 11.3 Å². The molecular formula is C23H33N3OS. The van der Waals surface area contributed by atoms with E-state index in [1.807, 2.05) is 24.3 Å². The summed E-state index contributed by atoms with van der Waals surface area (Å²) >= 11 is 1.67. The predicted molar refractivity (Wildman–Crippen MR) is 118 cm³/mol. The largest absolute Gasteiger partial charge is 0.372 e. The minimum Gasteiger partial charge on any atom is -0.372 e. The number of rotatable bonds is 6. The number of nitrogens with zero attached hydrogens (tertiary/aromatic N) is 3. The number of aromatic nitrogens is 1. The van der Waals surface area contributed by atoms with Gasteiger partial charge in [0.15, 0.2) is 4.80 Å². The SMILES string of the molecule is CCN(CC)c1ccc(C(=O)/N=c2\sc(C(C)(C)C)c(C)n2CC2CC2)cc1. The van der Waals surface area contributed by atoms with Gasteiger partial charge >= 0.3 is 0 Å². The Balaban J connectivity index is 1.94. The smallest absolute Gasteiger partial charge is 0.279 e. The topological polar surface area (TPSA) is 37.6 Å². The van der Waals surface area contributed by atoms with Gasteiger partial charge < -0.3 is 9.47 Å². The molecule has 1 fully saturated rings. The molecule has 152 valence electrons. The molecule has 0 radical (unpaired) electrons. The van der Waals surface area contributed by atoms with Crippen LogP contribution in [0.25, 0.3) is 0 Å². The van der Waals surface area contributed by atoms with E-state index in [2.05, 4.69) is 56.0 Å². The second-order valence-electron chi connectivity index (χ2n) is 8.74. The van der Waals surface area contributed by atoms with Crippen LogP contribution in [0.1, 0.15) is 68.4 Å². The number of amides is 1. The van der Waals surface area contributed by atoms with E-state index in [0.717, 1.165) is 36.0 Å². The fourth-order valence-electron chi connectivity index (χ4n) is 3.59. The van der Waals surface area contributed by atoms with Gasteiger partial charge in [0.25, 0.3) is 5.91 Å². The van der Waals surface area contributed by atoms with Gasteiger partial charge in [0.2, 0.25) is 0 Å². The van der Waals surface area contributed by atoms with Crippen molar-refractivity contribution in [1.29, 1.82) is 0 Å². The Bertz CT molecular complexity index is 891. The molecule has 3 rings (SSSR count). The van der Waals surface area contributed by atoms with E-state index in [0.29, 0.717) is 5.56 Å². The van der Waals surface area contributed by atoms with Crippen LogP contribution in [0.15, 0.2) is 29.3 Å². The third-order valence-electron chi connectivity index (χ3n) is 5.42. The van der Waals surface area contributed by atoms with Gasteiger partial charge in [-0.3, -0.25) is 4.79 Å². The monoisotopic (exact) mass is 399 g/mol. The molecule has 0 bridgehead atoms. The molecule has 1 saturated carbocycles. The first-order chi connectivity index (χ1) is 13.2. The molecule has 0 aliphatic heterocycles. The van der Waals surface area contributed by atoms with Crippen LogP contribution in [0.5, 0.6) is 0 Å². The molecule has 0 atom stereocenters. The van der Waals surface area contributed by atoms with Crippen LogP contribution < -0.4 is 9.70 Å². The molecule has 28 heavy (non-hydrogen) atoms. The summed E-state index contributed by atoms with van der Waals surface area (Å²) in [6.07, 6.45) is 2.57. The number of carbonyl (C=O) groups excluding carboxylic acids is 1. The van der Waals surface area contributed by atoms with Gasteiger partial charge in [-0.15, -0.1) is 11.3 Å². The van der Waals surface area contributed by atoms with Crippen LogP contribution in [0.2, 0.25) is 0 Å². The average Bonchev–Trinajstić information content (AvgIpc) is 3.42. The van der Waals surface area contributed by atoms with E-state index in [9.17, 15) is 4.79 Å². The lowest BCUT2D eigenvalue weighted by Gasteiger charge is -2.20. The summed E-state index contributed by atoms with van der Waals surface area (Å²) < 4.78 is 2.27. The highest BCUT2D eigenvalue weighted by Gasteiger charge is 2.27. The lowest BCUT2D eigenvalue weighted by molar-refractivity contribution is 0.0997. The van der Waals surface area contributed by atoms with Gasteiger partial charge in [-0.1, -0.05) is 20.8 Å². The van der Waals surface area contributed by atoms with Gasteiger partial charge in [-0.25, -0.2) is 0 Å². The highest BCUT2D eigenvalue weighted by molar-refractivity contribution is 7.09. The Morgan fingerprint density at radius 3 is 2.29 bits per heavy atom. The Kier molecular flexibility index (Phi) is 6.13. The summed E-state index contributed by atoms with van der Waals surface area (Å²) in [6, 6.07) is 7.84. The summed E-state index contributed by atoms with van der Waals surface area (Å²) in [5, 5.41) is 0. The molecule has 1 aromatic carbocycles. The summed E-state index contributed by atoms with van der Waals surface area (Å²) in [7, 11) is 0. The molecule has 0 saturated heterocycles. The Labute approximate surface area is 172 Å². The van der Waals surface area contributed by atoms with Crippen molar-refractivity contribution >= 4 is 22.9 Å². The fourth-order valence-corrected chi connectivity index (χ4v) is 4.79. The van der Waals surface area contributed by atoms with Crippen molar-refractivity contribution in [2.45, 2.75) is 66.3 Å². The number of carbonyl (C=O) groups is 1. The average molecular weight is 400 g/mol. The lowest BCUT2D eigenvalue weighted by Crippen LogP contribution is -2.21. The standard InChI is InChI=1S/C23H33N3OS/c1-7-25(8-2)19-13-11-18(12-14-19)21(27)24-22-26(15-17-9-10-17)16(3)20(28-22)23(4,5)6/h11-14,17H,7-10,15H2,1-6H3/b24-22-. The molecule has 1 aliphatic carbocycles. The van der Waals surface area contributed by atoms with Crippen molar-refractivity contribution < 1.29 is 4.79 Å². The van der Waals surface area contributed by atoms with Gasteiger partial charge in [0.1, 0.15) is 0 Å². The van der Waals surface area contributed by atoms with E-state index in [-0.39, 0.29) is 11.3 Å². The predicted octanol–water partition coefficient (Wildman–Crippen LogP) is 5.15. The van der Waals surface area contributed by atoms with Crippen LogP contribution in [0.3, 0.4) is 0 Å². The van der Waals surface area contributed by atoms with E-state index in [4.69, 9.17) is 0 Å². The van der Waals surface area contributed by atoms with Gasteiger partial charge in [0.05, 0.1) is 0 Å². The maximum absolute atomic E-state index is 12.9. The van der Waals surface area contributed by atoms with Crippen LogP contribution in [0, 0.1) is 12.8 Å². The Morgan fingerprint density at radius 1 is 1.18 bits per heavy atom. The zero-order chi connectivity index (χ0) is 20.5. The molecule has 5 heteroatoms. The molecule has 0 spiro atoms. The number of hydrogen-bond donors (Lipinski definition) is 0. The number of thiazole rings is 1. The molecule has 0 N–H and O–H groups in total. The van der Waals surface area contributed by atoms with Crippen LogP contribution in [-0.4, -0.2) is 23.6 Å². The highest BCUT2D eigenvalue weighted by Crippen LogP contribution is 2.33. The maximum atomic E-state index is 12.9. The normalized spacial score (nSPS) is 15.1. The summed E-state index contributed by atoms with van der Waals surface area (Å²) in [4.78, 5) is 21.8. The number of anilines is 1. The van der Waals surface area contributed by atoms with E-state index in [1.165, 1.54) is 23.4 Å². The van der Waals surface area contributed by atoms with Gasteiger partial charge in [0, 0.05) is 41.5 Å². The molecule has 0 unspecified atom stereocenters. The van der Waals surface area contributed by atoms with Crippen molar-refractivity contribution in [3.8, 4) is 0 Å². The van der Waals surface area contributed by atoms with Crippen LogP contribution in [0.4, 0.5) is 5.69 Å². The number of hydrogen-bond acceptors (Lipinski definition) is 3. The fraction of sp³-hybridized carbons (Fsp3) is 0.565. The first-order valence-electron chi connectivity index (χ1n) is 10.4. The zero-order valence-corrected chi connectivity index (χ0v) is 18.9. The lowest BCUT2D eigenvalue weighted by atomic mass is 9.93. The number of benzene rings is 1. The minimum absolute atomic E-state index is 0.0578. The molecule has 1 amide bonds. The Hall–Kier alpha value is -1.88. The third-order valence-corrected chi connectivity index (χ3v) is 7.02. The third kappa shape index (κ3) is 4.57. The minimum atomic E-state index is -0.155. The van der Waals surface area contributed by atoms with E-state index >= 15 is 0 Å². The van der Waals surface area contributed by atoms with Gasteiger partial charge in [-0.05, 0) is 69.2 Å². The maximum Gasteiger partial charge on any atom is 0.279 e. The van der Waals surface area contributed by atoms with Crippen molar-refractivity contribution in [2.75, 3.05) is 18.0 Å². The highest BCUT2D eigenvalue weighted by atomic mass is 32.1.